The van der Waals surface area contributed by atoms with Crippen LogP contribution in [0.5, 0.6) is 0 Å². The number of hydrogen-bond donors (Lipinski definition) is 5. The molecule has 0 saturated carbocycles. The van der Waals surface area contributed by atoms with E-state index in [4.69, 9.17) is 20.4 Å². The van der Waals surface area contributed by atoms with Crippen LogP contribution in [0.2, 0.25) is 0 Å². The molecule has 0 radical (unpaired) electrons. The highest BCUT2D eigenvalue weighted by molar-refractivity contribution is 5.94. The molecular formula is C9H13NO7. The highest BCUT2D eigenvalue weighted by Crippen LogP contribution is 2.03. The fourth-order valence-corrected chi connectivity index (χ4v) is 0.554. The molecule has 0 aromatic carbocycles. The lowest BCUT2D eigenvalue weighted by atomic mass is 10.2. The number of carbonyl (C=O) groups is 3. The van der Waals surface area contributed by atoms with E-state index in [1.165, 1.54) is 0 Å². The van der Waals surface area contributed by atoms with E-state index >= 15 is 0 Å². The van der Waals surface area contributed by atoms with Gasteiger partial charge in [0, 0.05) is 18.1 Å². The summed E-state index contributed by atoms with van der Waals surface area (Å²) < 4.78 is 0. The standard InChI is InChI=1S/C6H8O6.C3H5NO/c7-4(8)1-3(6(11)12)2-5(9)10;1-2-3(4)5/h1,5,9-10H,2H2,(H,7,8)(H,11,12);2H,1H2,(H2,4,5)/b3-1-;. The first-order valence-electron chi connectivity index (χ1n) is 4.15. The number of amides is 1. The Balaban J connectivity index is 0. The highest BCUT2D eigenvalue weighted by atomic mass is 16.5. The number of rotatable bonds is 5. The third-order valence-corrected chi connectivity index (χ3v) is 1.18. The fourth-order valence-electron chi connectivity index (χ4n) is 0.554. The van der Waals surface area contributed by atoms with E-state index in [1.54, 1.807) is 0 Å². The molecule has 0 rings (SSSR count). The van der Waals surface area contributed by atoms with Crippen LogP contribution in [-0.2, 0) is 14.4 Å². The molecule has 0 unspecified atom stereocenters. The van der Waals surface area contributed by atoms with Crippen molar-refractivity contribution in [2.75, 3.05) is 0 Å². The summed E-state index contributed by atoms with van der Waals surface area (Å²) in [7, 11) is 0. The average molecular weight is 247 g/mol. The predicted octanol–water partition coefficient (Wildman–Crippen LogP) is -1.56. The second-order valence-corrected chi connectivity index (χ2v) is 2.60. The van der Waals surface area contributed by atoms with Gasteiger partial charge in [-0.25, -0.2) is 9.59 Å². The normalized spacial score (nSPS) is 10.2. The zero-order valence-electron chi connectivity index (χ0n) is 8.74. The Bertz CT molecular complexity index is 332. The Kier molecular flexibility index (Phi) is 9.18. The van der Waals surface area contributed by atoms with Crippen molar-refractivity contribution in [1.82, 2.24) is 0 Å². The lowest BCUT2D eigenvalue weighted by Gasteiger charge is -2.02. The molecule has 8 nitrogen and oxygen atoms in total. The van der Waals surface area contributed by atoms with E-state index in [1.807, 2.05) is 0 Å². The van der Waals surface area contributed by atoms with Crippen molar-refractivity contribution in [1.29, 1.82) is 0 Å². The van der Waals surface area contributed by atoms with Gasteiger partial charge in [0.05, 0.1) is 0 Å². The van der Waals surface area contributed by atoms with Crippen molar-refractivity contribution in [3.8, 4) is 0 Å². The van der Waals surface area contributed by atoms with E-state index in [0.717, 1.165) is 6.08 Å². The molecule has 8 heteroatoms. The van der Waals surface area contributed by atoms with Crippen LogP contribution >= 0.6 is 0 Å². The smallest absolute Gasteiger partial charge is 0.332 e. The maximum atomic E-state index is 10.2. The Morgan fingerprint density at radius 3 is 1.82 bits per heavy atom. The Labute approximate surface area is 96.3 Å². The molecule has 96 valence electrons. The van der Waals surface area contributed by atoms with Gasteiger partial charge < -0.3 is 26.2 Å². The molecule has 0 fully saturated rings. The van der Waals surface area contributed by atoms with Crippen molar-refractivity contribution in [3.63, 3.8) is 0 Å². The van der Waals surface area contributed by atoms with Gasteiger partial charge in [0.15, 0.2) is 6.29 Å². The minimum absolute atomic E-state index is 0.418. The molecule has 17 heavy (non-hydrogen) atoms. The number of aliphatic hydroxyl groups excluding tert-OH is 1. The molecule has 0 saturated heterocycles. The Morgan fingerprint density at radius 1 is 1.24 bits per heavy atom. The molecule has 0 aromatic rings. The molecule has 0 aliphatic carbocycles. The largest absolute Gasteiger partial charge is 0.478 e. The summed E-state index contributed by atoms with van der Waals surface area (Å²) in [6.07, 6.45) is -0.990. The van der Waals surface area contributed by atoms with E-state index in [2.05, 4.69) is 12.3 Å². The number of carboxylic acid groups (broad SMARTS) is 2. The van der Waals surface area contributed by atoms with Crippen LogP contribution in [0.3, 0.4) is 0 Å². The number of nitrogens with two attached hydrogens (primary N) is 1. The van der Waals surface area contributed by atoms with Crippen LogP contribution in [0.4, 0.5) is 0 Å². The van der Waals surface area contributed by atoms with Gasteiger partial charge >= 0.3 is 11.9 Å². The molecular weight excluding hydrogens is 234 g/mol. The van der Waals surface area contributed by atoms with Crippen LogP contribution in [0.25, 0.3) is 0 Å². The zero-order chi connectivity index (χ0) is 14.0. The number of carboxylic acids is 2. The van der Waals surface area contributed by atoms with Crippen molar-refractivity contribution in [2.45, 2.75) is 12.7 Å². The number of aliphatic hydroxyl groups is 2. The summed E-state index contributed by atoms with van der Waals surface area (Å²) in [6.45, 7) is 3.09. The maximum absolute atomic E-state index is 10.2. The quantitative estimate of drug-likeness (QED) is 0.290. The van der Waals surface area contributed by atoms with E-state index < -0.39 is 36.1 Å². The topological polar surface area (TPSA) is 158 Å². The molecule has 0 aliphatic heterocycles. The second-order valence-electron chi connectivity index (χ2n) is 2.60. The summed E-state index contributed by atoms with van der Waals surface area (Å²) in [5.41, 5.74) is 3.98. The zero-order valence-corrected chi connectivity index (χ0v) is 8.74. The van der Waals surface area contributed by atoms with E-state index in [-0.39, 0.29) is 0 Å². The molecule has 1 amide bonds. The predicted molar refractivity (Wildman–Crippen MR) is 55.6 cm³/mol. The van der Waals surface area contributed by atoms with Crippen molar-refractivity contribution in [3.05, 3.63) is 24.3 Å². The van der Waals surface area contributed by atoms with Gasteiger partial charge in [0.2, 0.25) is 5.91 Å². The molecule has 0 spiro atoms. The van der Waals surface area contributed by atoms with Crippen LogP contribution < -0.4 is 5.73 Å². The lowest BCUT2D eigenvalue weighted by molar-refractivity contribution is -0.136. The van der Waals surface area contributed by atoms with Crippen molar-refractivity contribution < 1.29 is 34.8 Å². The van der Waals surface area contributed by atoms with Gasteiger partial charge in [-0.1, -0.05) is 6.58 Å². The molecule has 0 aliphatic rings. The first-order valence-corrected chi connectivity index (χ1v) is 4.15. The van der Waals surface area contributed by atoms with Gasteiger partial charge in [-0.3, -0.25) is 4.79 Å². The third-order valence-electron chi connectivity index (χ3n) is 1.18. The third kappa shape index (κ3) is 13.8. The summed E-state index contributed by atoms with van der Waals surface area (Å²) in [4.78, 5) is 29.7. The lowest BCUT2D eigenvalue weighted by Crippen LogP contribution is -2.12. The number of aliphatic carboxylic acids is 2. The van der Waals surface area contributed by atoms with Crippen molar-refractivity contribution in [2.24, 2.45) is 5.73 Å². The number of carbonyl (C=O) groups excluding carboxylic acids is 1. The van der Waals surface area contributed by atoms with Crippen LogP contribution in [0.1, 0.15) is 6.42 Å². The van der Waals surface area contributed by atoms with Gasteiger partial charge in [-0.05, 0) is 6.08 Å². The fraction of sp³-hybridized carbons (Fsp3) is 0.222. The SMILES string of the molecule is C=CC(N)=O.O=C(O)/C=C(/CC(O)O)C(=O)O. The van der Waals surface area contributed by atoms with Gasteiger partial charge in [0.1, 0.15) is 0 Å². The van der Waals surface area contributed by atoms with Crippen molar-refractivity contribution >= 4 is 17.8 Å². The summed E-state index contributed by atoms with van der Waals surface area (Å²) >= 11 is 0. The van der Waals surface area contributed by atoms with Gasteiger partial charge in [-0.15, -0.1) is 0 Å². The molecule has 0 heterocycles. The van der Waals surface area contributed by atoms with Gasteiger partial charge in [-0.2, -0.15) is 0 Å². The first kappa shape index (κ1) is 17.2. The minimum Gasteiger partial charge on any atom is -0.478 e. The molecule has 0 atom stereocenters. The summed E-state index contributed by atoms with van der Waals surface area (Å²) in [5, 5.41) is 33.1. The Hall–Kier alpha value is -2.19. The monoisotopic (exact) mass is 247 g/mol. The molecule has 0 aromatic heterocycles. The summed E-state index contributed by atoms with van der Waals surface area (Å²) in [5.74, 6) is -3.40. The van der Waals surface area contributed by atoms with Crippen LogP contribution in [0, 0.1) is 0 Å². The van der Waals surface area contributed by atoms with Crippen LogP contribution in [-0.4, -0.2) is 44.6 Å². The first-order chi connectivity index (χ1) is 7.70. The van der Waals surface area contributed by atoms with E-state index in [0.29, 0.717) is 6.08 Å². The number of primary amides is 1. The highest BCUT2D eigenvalue weighted by Gasteiger charge is 2.12. The molecule has 6 N–H and O–H groups in total. The average Bonchev–Trinajstić information content (AvgIpc) is 2.16. The maximum Gasteiger partial charge on any atom is 0.332 e. The summed E-state index contributed by atoms with van der Waals surface area (Å²) in [6, 6.07) is 0. The second kappa shape index (κ2) is 9.07. The molecule has 0 bridgehead atoms. The van der Waals surface area contributed by atoms with E-state index in [9.17, 15) is 14.4 Å². The van der Waals surface area contributed by atoms with Crippen LogP contribution in [0.15, 0.2) is 24.3 Å². The van der Waals surface area contributed by atoms with Gasteiger partial charge in [0.25, 0.3) is 0 Å². The Morgan fingerprint density at radius 2 is 1.65 bits per heavy atom. The number of hydrogen-bond acceptors (Lipinski definition) is 5. The minimum atomic E-state index is -1.85.